The minimum atomic E-state index is -4.59. The lowest BCUT2D eigenvalue weighted by Gasteiger charge is -2.27. The number of nitrogens with two attached hydrogens (primary N) is 1. The number of carbonyl (C=O) groups excluding carboxylic acids is 2. The molecule has 2 N–H and O–H groups in total. The van der Waals surface area contributed by atoms with Crippen LogP contribution in [0.5, 0.6) is 0 Å². The van der Waals surface area contributed by atoms with Crippen LogP contribution in [0.25, 0.3) is 11.4 Å². The SMILES string of the molecule is CCCCCCCCCCCCCCC(N)C(=O)N1C(=O)Sc2nnc(-c3ccc(Cl)cc3)n2S1(=O)=O. The molecule has 9 nitrogen and oxygen atoms in total. The minimum Gasteiger partial charge on any atom is -0.320 e. The predicted molar refractivity (Wildman–Crippen MR) is 147 cm³/mol. The van der Waals surface area contributed by atoms with E-state index in [1.165, 1.54) is 51.4 Å². The summed E-state index contributed by atoms with van der Waals surface area (Å²) >= 11 is 6.45. The lowest BCUT2D eigenvalue weighted by Crippen LogP contribution is -2.52. The topological polar surface area (TPSA) is 128 Å². The third kappa shape index (κ3) is 7.78. The summed E-state index contributed by atoms with van der Waals surface area (Å²) in [4.78, 5) is 25.6. The Balaban J connectivity index is 1.49. The molecule has 1 atom stereocenters. The molecule has 2 heterocycles. The van der Waals surface area contributed by atoms with Crippen LogP contribution in [0.3, 0.4) is 0 Å². The van der Waals surface area contributed by atoms with E-state index in [0.29, 0.717) is 35.2 Å². The number of benzene rings is 1. The van der Waals surface area contributed by atoms with Gasteiger partial charge in [0, 0.05) is 22.3 Å². The van der Waals surface area contributed by atoms with Crippen molar-refractivity contribution >= 4 is 44.7 Å². The fraction of sp³-hybridized carbons (Fsp3) is 0.600. The summed E-state index contributed by atoms with van der Waals surface area (Å²) in [6.45, 7) is 2.23. The molecule has 1 aliphatic heterocycles. The van der Waals surface area contributed by atoms with Crippen LogP contribution >= 0.6 is 23.4 Å². The van der Waals surface area contributed by atoms with E-state index in [-0.39, 0.29) is 15.3 Å². The van der Waals surface area contributed by atoms with E-state index in [2.05, 4.69) is 17.1 Å². The number of halogens is 1. The van der Waals surface area contributed by atoms with Crippen molar-refractivity contribution in [3.63, 3.8) is 0 Å². The summed E-state index contributed by atoms with van der Waals surface area (Å²) < 4.78 is 27.7. The zero-order valence-electron chi connectivity index (χ0n) is 21.3. The van der Waals surface area contributed by atoms with Crippen LogP contribution in [0.4, 0.5) is 4.79 Å². The number of hydrogen-bond acceptors (Lipinski definition) is 8. The number of rotatable bonds is 15. The van der Waals surface area contributed by atoms with E-state index in [1.807, 2.05) is 0 Å². The number of imide groups is 1. The van der Waals surface area contributed by atoms with E-state index in [1.54, 1.807) is 24.3 Å². The van der Waals surface area contributed by atoms with Gasteiger partial charge in [-0.3, -0.25) is 9.59 Å². The van der Waals surface area contributed by atoms with Crippen LogP contribution in [0.2, 0.25) is 5.02 Å². The molecule has 12 heteroatoms. The molecule has 0 saturated heterocycles. The van der Waals surface area contributed by atoms with Crippen molar-refractivity contribution in [1.82, 2.24) is 18.5 Å². The second-order valence-corrected chi connectivity index (χ2v) is 12.3. The summed E-state index contributed by atoms with van der Waals surface area (Å²) in [5, 5.41) is 7.13. The van der Waals surface area contributed by atoms with Gasteiger partial charge in [0.15, 0.2) is 5.82 Å². The Morgan fingerprint density at radius 2 is 1.49 bits per heavy atom. The molecule has 0 bridgehead atoms. The molecule has 3 rings (SSSR count). The quantitative estimate of drug-likeness (QED) is 0.252. The molecule has 0 fully saturated rings. The Morgan fingerprint density at radius 1 is 0.946 bits per heavy atom. The molecule has 0 spiro atoms. The molecule has 0 radical (unpaired) electrons. The van der Waals surface area contributed by atoms with Crippen LogP contribution in [0.15, 0.2) is 29.4 Å². The Kier molecular flexibility index (Phi) is 11.4. The molecule has 37 heavy (non-hydrogen) atoms. The molecular formula is C25H36ClN5O4S2. The third-order valence-electron chi connectivity index (χ3n) is 6.39. The minimum absolute atomic E-state index is 0.0148. The van der Waals surface area contributed by atoms with E-state index >= 15 is 0 Å². The highest BCUT2D eigenvalue weighted by Gasteiger charge is 2.45. The standard InChI is InChI=1S/C25H36ClN5O4S2/c1-2-3-4-5-6-7-8-9-10-11-12-13-14-21(27)23(32)31-25(33)36-24-29-28-22(30(24)37(31,34)35)19-15-17-20(26)18-16-19/h15-18,21H,2-14,27H2,1H3. The number of nitrogens with zero attached hydrogens (tertiary/aromatic N) is 4. The largest absolute Gasteiger partial charge is 0.343 e. The Labute approximate surface area is 228 Å². The lowest BCUT2D eigenvalue weighted by molar-refractivity contribution is -0.125. The first-order chi connectivity index (χ1) is 17.8. The first-order valence-corrected chi connectivity index (χ1v) is 15.6. The number of amides is 2. The predicted octanol–water partition coefficient (Wildman–Crippen LogP) is 6.16. The highest BCUT2D eigenvalue weighted by molar-refractivity contribution is 8.15. The molecule has 1 aromatic heterocycles. The Bertz CT molecular complexity index is 1150. The van der Waals surface area contributed by atoms with Crippen molar-refractivity contribution in [2.24, 2.45) is 5.73 Å². The lowest BCUT2D eigenvalue weighted by atomic mass is 10.0. The van der Waals surface area contributed by atoms with Crippen LogP contribution < -0.4 is 5.73 Å². The Morgan fingerprint density at radius 3 is 2.05 bits per heavy atom. The maximum Gasteiger partial charge on any atom is 0.343 e. The van der Waals surface area contributed by atoms with Gasteiger partial charge in [-0.05, 0) is 30.7 Å². The molecule has 204 valence electrons. The van der Waals surface area contributed by atoms with Crippen LogP contribution in [-0.4, -0.2) is 44.1 Å². The van der Waals surface area contributed by atoms with Crippen LogP contribution in [-0.2, 0) is 15.0 Å². The zero-order valence-corrected chi connectivity index (χ0v) is 23.7. The zero-order chi connectivity index (χ0) is 26.8. The van der Waals surface area contributed by atoms with E-state index in [9.17, 15) is 18.0 Å². The molecule has 1 unspecified atom stereocenters. The van der Waals surface area contributed by atoms with Crippen molar-refractivity contribution < 1.29 is 18.0 Å². The van der Waals surface area contributed by atoms with Crippen LogP contribution in [0, 0.1) is 0 Å². The van der Waals surface area contributed by atoms with Gasteiger partial charge in [0.05, 0.1) is 6.04 Å². The maximum absolute atomic E-state index is 13.3. The van der Waals surface area contributed by atoms with E-state index in [4.69, 9.17) is 17.3 Å². The van der Waals surface area contributed by atoms with Gasteiger partial charge in [0.25, 0.3) is 5.91 Å². The molecule has 0 aliphatic carbocycles. The first kappa shape index (κ1) is 29.6. The van der Waals surface area contributed by atoms with E-state index < -0.39 is 27.4 Å². The van der Waals surface area contributed by atoms with Crippen molar-refractivity contribution in [2.75, 3.05) is 0 Å². The maximum atomic E-state index is 13.3. The average molecular weight is 570 g/mol. The van der Waals surface area contributed by atoms with Gasteiger partial charge in [0.1, 0.15) is 0 Å². The van der Waals surface area contributed by atoms with Crippen LogP contribution in [0.1, 0.15) is 90.4 Å². The summed E-state index contributed by atoms with van der Waals surface area (Å²) in [7, 11) is -4.59. The number of hydrogen-bond donors (Lipinski definition) is 1. The molecule has 0 saturated carbocycles. The third-order valence-corrected chi connectivity index (χ3v) is 9.29. The van der Waals surface area contributed by atoms with Gasteiger partial charge in [-0.15, -0.1) is 14.5 Å². The average Bonchev–Trinajstić information content (AvgIpc) is 3.29. The molecule has 2 aromatic rings. The van der Waals surface area contributed by atoms with Gasteiger partial charge in [-0.25, -0.2) is 0 Å². The van der Waals surface area contributed by atoms with Gasteiger partial charge < -0.3 is 5.73 Å². The van der Waals surface area contributed by atoms with Gasteiger partial charge in [-0.2, -0.15) is 12.4 Å². The summed E-state index contributed by atoms with van der Waals surface area (Å²) in [5.74, 6) is -0.957. The highest BCUT2D eigenvalue weighted by atomic mass is 35.5. The van der Waals surface area contributed by atoms with Gasteiger partial charge in [-0.1, -0.05) is 95.6 Å². The second-order valence-electron chi connectivity index (χ2n) is 9.34. The number of carbonyl (C=O) groups is 2. The highest BCUT2D eigenvalue weighted by Crippen LogP contribution is 2.34. The fourth-order valence-electron chi connectivity index (χ4n) is 4.28. The number of unbranched alkanes of at least 4 members (excludes halogenated alkanes) is 11. The monoisotopic (exact) mass is 569 g/mol. The molecular weight excluding hydrogens is 534 g/mol. The van der Waals surface area contributed by atoms with Crippen molar-refractivity contribution in [3.05, 3.63) is 29.3 Å². The van der Waals surface area contributed by atoms with Crippen molar-refractivity contribution in [2.45, 2.75) is 102 Å². The smallest absolute Gasteiger partial charge is 0.320 e. The van der Waals surface area contributed by atoms with Gasteiger partial charge >= 0.3 is 15.4 Å². The molecule has 1 aromatic carbocycles. The van der Waals surface area contributed by atoms with Crippen molar-refractivity contribution in [1.29, 1.82) is 0 Å². The fourth-order valence-corrected chi connectivity index (χ4v) is 7.09. The second kappa shape index (κ2) is 14.3. The molecule has 1 aliphatic rings. The first-order valence-electron chi connectivity index (χ1n) is 13.1. The van der Waals surface area contributed by atoms with E-state index in [0.717, 1.165) is 23.2 Å². The number of fused-ring (bicyclic) bond motifs is 1. The van der Waals surface area contributed by atoms with Crippen molar-refractivity contribution in [3.8, 4) is 11.4 Å². The summed E-state index contributed by atoms with van der Waals surface area (Å²) in [5.41, 5.74) is 6.48. The summed E-state index contributed by atoms with van der Waals surface area (Å²) in [6.07, 6.45) is 14.4. The normalized spacial score (nSPS) is 15.5. The number of thioether (sulfide) groups is 1. The molecule has 2 amide bonds. The summed E-state index contributed by atoms with van der Waals surface area (Å²) in [6, 6.07) is 5.24. The van der Waals surface area contributed by atoms with Gasteiger partial charge in [0.2, 0.25) is 5.16 Å². The number of aromatic nitrogens is 3. The Hall–Kier alpha value is -1.95.